The van der Waals surface area contributed by atoms with Gasteiger partial charge in [0.1, 0.15) is 5.75 Å². The van der Waals surface area contributed by atoms with Crippen LogP contribution in [0.2, 0.25) is 0 Å². The molecule has 1 amide bonds. The summed E-state index contributed by atoms with van der Waals surface area (Å²) in [5.74, 6) is -0.248. The fourth-order valence-corrected chi connectivity index (χ4v) is 2.35. The summed E-state index contributed by atoms with van der Waals surface area (Å²) in [5.41, 5.74) is 1.59. The molecule has 1 aromatic carbocycles. The second kappa shape index (κ2) is 4.85. The highest BCUT2D eigenvalue weighted by Crippen LogP contribution is 2.27. The van der Waals surface area contributed by atoms with E-state index in [-0.39, 0.29) is 11.7 Å². The zero-order valence-electron chi connectivity index (χ0n) is 8.90. The van der Waals surface area contributed by atoms with E-state index < -0.39 is 0 Å². The summed E-state index contributed by atoms with van der Waals surface area (Å²) in [7, 11) is 0. The zero-order valence-corrected chi connectivity index (χ0v) is 11.3. The largest absolute Gasteiger partial charge is 0.506 e. The van der Waals surface area contributed by atoms with Crippen molar-refractivity contribution in [1.29, 1.82) is 0 Å². The molecule has 0 saturated carbocycles. The number of hydrogen-bond donors (Lipinski definition) is 2. The molecule has 0 aliphatic rings. The van der Waals surface area contributed by atoms with Crippen LogP contribution in [-0.2, 0) is 0 Å². The van der Waals surface area contributed by atoms with Crippen molar-refractivity contribution in [1.82, 2.24) is 4.37 Å². The molecule has 17 heavy (non-hydrogen) atoms. The highest BCUT2D eigenvalue weighted by Gasteiger charge is 2.13. The Hall–Kier alpha value is -1.40. The Labute approximate surface area is 111 Å². The second-order valence-electron chi connectivity index (χ2n) is 3.43. The fourth-order valence-electron chi connectivity index (χ4n) is 1.31. The lowest BCUT2D eigenvalue weighted by atomic mass is 10.2. The van der Waals surface area contributed by atoms with E-state index in [9.17, 15) is 9.90 Å². The number of anilines is 1. The van der Waals surface area contributed by atoms with Crippen LogP contribution in [0.5, 0.6) is 5.75 Å². The molecule has 2 N–H and O–H groups in total. The number of aryl methyl sites for hydroxylation is 1. The van der Waals surface area contributed by atoms with Crippen molar-refractivity contribution < 1.29 is 9.90 Å². The number of nitrogens with one attached hydrogen (secondary N) is 1. The highest BCUT2D eigenvalue weighted by atomic mass is 79.9. The smallest absolute Gasteiger partial charge is 0.258 e. The number of aromatic nitrogens is 1. The van der Waals surface area contributed by atoms with E-state index in [1.165, 1.54) is 17.6 Å². The number of nitrogens with zero attached hydrogens (tertiary/aromatic N) is 1. The monoisotopic (exact) mass is 312 g/mol. The first kappa shape index (κ1) is 12.1. The summed E-state index contributed by atoms with van der Waals surface area (Å²) in [6, 6.07) is 4.90. The lowest BCUT2D eigenvalue weighted by Crippen LogP contribution is -2.12. The quantitative estimate of drug-likeness (QED) is 0.837. The molecule has 0 radical (unpaired) electrons. The Bertz CT molecular complexity index is 568. The SMILES string of the molecule is Cc1nscc1C(=O)Nc1ccc(Br)cc1O. The zero-order chi connectivity index (χ0) is 12.4. The normalized spacial score (nSPS) is 10.2. The lowest BCUT2D eigenvalue weighted by Gasteiger charge is -2.06. The molecule has 4 nitrogen and oxygen atoms in total. The minimum Gasteiger partial charge on any atom is -0.506 e. The molecule has 0 aliphatic heterocycles. The van der Waals surface area contributed by atoms with Gasteiger partial charge in [-0.2, -0.15) is 4.37 Å². The predicted octanol–water partition coefficient (Wildman–Crippen LogP) is 3.17. The number of aromatic hydroxyl groups is 1. The van der Waals surface area contributed by atoms with Crippen molar-refractivity contribution in [3.8, 4) is 5.75 Å². The second-order valence-corrected chi connectivity index (χ2v) is 4.97. The van der Waals surface area contributed by atoms with E-state index in [1.807, 2.05) is 0 Å². The van der Waals surface area contributed by atoms with Crippen LogP contribution >= 0.6 is 27.5 Å². The maximum atomic E-state index is 11.9. The molecule has 1 heterocycles. The molecule has 88 valence electrons. The number of rotatable bonds is 2. The molecule has 0 saturated heterocycles. The molecule has 0 unspecified atom stereocenters. The first-order chi connectivity index (χ1) is 8.08. The van der Waals surface area contributed by atoms with Crippen LogP contribution in [0.25, 0.3) is 0 Å². The molecule has 6 heteroatoms. The van der Waals surface area contributed by atoms with Gasteiger partial charge in [0.05, 0.1) is 16.9 Å². The van der Waals surface area contributed by atoms with Gasteiger partial charge >= 0.3 is 0 Å². The number of amides is 1. The van der Waals surface area contributed by atoms with Crippen molar-refractivity contribution >= 4 is 39.1 Å². The maximum absolute atomic E-state index is 11.9. The molecular weight excluding hydrogens is 304 g/mol. The van der Waals surface area contributed by atoms with E-state index in [4.69, 9.17) is 0 Å². The van der Waals surface area contributed by atoms with Gasteiger partial charge < -0.3 is 10.4 Å². The van der Waals surface area contributed by atoms with Crippen molar-refractivity contribution in [2.45, 2.75) is 6.92 Å². The molecule has 2 aromatic rings. The van der Waals surface area contributed by atoms with Crippen LogP contribution in [0.15, 0.2) is 28.1 Å². The van der Waals surface area contributed by atoms with Crippen molar-refractivity contribution in [2.75, 3.05) is 5.32 Å². The number of halogens is 1. The standard InChI is InChI=1S/C11H9BrN2O2S/c1-6-8(5-17-14-6)11(16)13-9-3-2-7(12)4-10(9)15/h2-5,15H,1H3,(H,13,16). The summed E-state index contributed by atoms with van der Waals surface area (Å²) < 4.78 is 4.78. The summed E-state index contributed by atoms with van der Waals surface area (Å²) in [6.07, 6.45) is 0. The van der Waals surface area contributed by atoms with Gasteiger partial charge in [0.15, 0.2) is 0 Å². The molecule has 0 aliphatic carbocycles. The Morgan fingerprint density at radius 2 is 2.29 bits per heavy atom. The van der Waals surface area contributed by atoms with Gasteiger partial charge in [0.2, 0.25) is 0 Å². The van der Waals surface area contributed by atoms with Gasteiger partial charge in [-0.25, -0.2) is 0 Å². The Kier molecular flexibility index (Phi) is 3.44. The van der Waals surface area contributed by atoms with E-state index >= 15 is 0 Å². The van der Waals surface area contributed by atoms with Gasteiger partial charge in [-0.1, -0.05) is 15.9 Å². The van der Waals surface area contributed by atoms with Gasteiger partial charge in [0.25, 0.3) is 5.91 Å². The van der Waals surface area contributed by atoms with Gasteiger partial charge in [-0.15, -0.1) is 0 Å². The lowest BCUT2D eigenvalue weighted by molar-refractivity contribution is 0.102. The molecule has 0 atom stereocenters. The number of benzene rings is 1. The van der Waals surface area contributed by atoms with Crippen LogP contribution in [0.4, 0.5) is 5.69 Å². The third-order valence-electron chi connectivity index (χ3n) is 2.20. The molecule has 0 bridgehead atoms. The topological polar surface area (TPSA) is 62.2 Å². The van der Waals surface area contributed by atoms with Gasteiger partial charge in [-0.3, -0.25) is 4.79 Å². The Balaban J connectivity index is 2.22. The van der Waals surface area contributed by atoms with E-state index in [1.54, 1.807) is 24.4 Å². The highest BCUT2D eigenvalue weighted by molar-refractivity contribution is 9.10. The summed E-state index contributed by atoms with van der Waals surface area (Å²) in [4.78, 5) is 11.9. The Morgan fingerprint density at radius 1 is 1.53 bits per heavy atom. The van der Waals surface area contributed by atoms with E-state index in [0.29, 0.717) is 16.9 Å². The summed E-state index contributed by atoms with van der Waals surface area (Å²) in [5, 5.41) is 14.0. The third kappa shape index (κ3) is 2.65. The van der Waals surface area contributed by atoms with Crippen LogP contribution in [0.1, 0.15) is 16.1 Å². The van der Waals surface area contributed by atoms with E-state index in [0.717, 1.165) is 4.47 Å². The Morgan fingerprint density at radius 3 is 2.88 bits per heavy atom. The average Bonchev–Trinajstić information content (AvgIpc) is 2.68. The molecular formula is C11H9BrN2O2S. The number of carbonyl (C=O) groups is 1. The molecule has 0 spiro atoms. The van der Waals surface area contributed by atoms with Gasteiger partial charge in [0, 0.05) is 9.85 Å². The van der Waals surface area contributed by atoms with Crippen LogP contribution in [0, 0.1) is 6.92 Å². The maximum Gasteiger partial charge on any atom is 0.258 e. The summed E-state index contributed by atoms with van der Waals surface area (Å²) in [6.45, 7) is 1.77. The van der Waals surface area contributed by atoms with Gasteiger partial charge in [-0.05, 0) is 36.7 Å². The fraction of sp³-hybridized carbons (Fsp3) is 0.0909. The number of hydrogen-bond acceptors (Lipinski definition) is 4. The first-order valence-corrected chi connectivity index (χ1v) is 6.41. The first-order valence-electron chi connectivity index (χ1n) is 4.79. The minimum absolute atomic E-state index is 0.0218. The van der Waals surface area contributed by atoms with Crippen LogP contribution < -0.4 is 5.32 Å². The minimum atomic E-state index is -0.270. The van der Waals surface area contributed by atoms with E-state index in [2.05, 4.69) is 25.6 Å². The number of carbonyl (C=O) groups excluding carboxylic acids is 1. The predicted molar refractivity (Wildman–Crippen MR) is 70.6 cm³/mol. The molecule has 0 fully saturated rings. The molecule has 1 aromatic heterocycles. The van der Waals surface area contributed by atoms with Crippen molar-refractivity contribution in [3.63, 3.8) is 0 Å². The number of phenols is 1. The molecule has 2 rings (SSSR count). The van der Waals surface area contributed by atoms with Crippen LogP contribution in [-0.4, -0.2) is 15.4 Å². The van der Waals surface area contributed by atoms with Crippen molar-refractivity contribution in [2.24, 2.45) is 0 Å². The summed E-state index contributed by atoms with van der Waals surface area (Å²) >= 11 is 4.46. The third-order valence-corrected chi connectivity index (χ3v) is 3.42. The average molecular weight is 313 g/mol. The van der Waals surface area contributed by atoms with Crippen LogP contribution in [0.3, 0.4) is 0 Å². The number of phenolic OH excluding ortho intramolecular Hbond substituents is 1. The van der Waals surface area contributed by atoms with Crippen molar-refractivity contribution in [3.05, 3.63) is 39.3 Å².